The van der Waals surface area contributed by atoms with E-state index in [1.165, 1.54) is 6.26 Å². The minimum Gasteiger partial charge on any atom is -0.446 e. The third-order valence-corrected chi connectivity index (χ3v) is 7.57. The molecule has 0 aliphatic heterocycles. The number of benzene rings is 2. The van der Waals surface area contributed by atoms with Gasteiger partial charge in [-0.3, -0.25) is 9.78 Å². The van der Waals surface area contributed by atoms with Gasteiger partial charge in [-0.2, -0.15) is 0 Å². The number of hydrogen-bond acceptors (Lipinski definition) is 10. The number of aliphatic hydroxyl groups is 1. The zero-order chi connectivity index (χ0) is 37.0. The lowest BCUT2D eigenvalue weighted by molar-refractivity contribution is 0.0402. The molecule has 2 heterocycles. The highest BCUT2D eigenvalue weighted by molar-refractivity contribution is 6.03. The number of nitrogens with one attached hydrogen (secondary N) is 4. The zero-order valence-corrected chi connectivity index (χ0v) is 30.2. The van der Waals surface area contributed by atoms with Crippen LogP contribution in [0.25, 0.3) is 10.9 Å². The molecule has 2 aromatic carbocycles. The van der Waals surface area contributed by atoms with Crippen molar-refractivity contribution < 1.29 is 33.4 Å². The van der Waals surface area contributed by atoms with Crippen LogP contribution < -0.4 is 21.3 Å². The van der Waals surface area contributed by atoms with Crippen LogP contribution in [-0.2, 0) is 15.9 Å². The molecule has 0 saturated carbocycles. The summed E-state index contributed by atoms with van der Waals surface area (Å²) < 4.78 is 16.6. The molecule has 0 radical (unpaired) electrons. The van der Waals surface area contributed by atoms with Crippen LogP contribution in [0.2, 0.25) is 0 Å². The average molecular weight is 703 g/mol. The molecule has 0 aliphatic rings. The van der Waals surface area contributed by atoms with Crippen molar-refractivity contribution in [1.82, 2.24) is 25.9 Å². The molecule has 0 spiro atoms. The molecular weight excluding hydrogens is 652 g/mol. The first-order chi connectivity index (χ1) is 24.1. The summed E-state index contributed by atoms with van der Waals surface area (Å²) in [6, 6.07) is 18.1. The lowest BCUT2D eigenvalue weighted by Crippen LogP contribution is -2.49. The first kappa shape index (κ1) is 38.8. The summed E-state index contributed by atoms with van der Waals surface area (Å²) in [5, 5.41) is 23.9. The number of ether oxygens (including phenoxy) is 2. The van der Waals surface area contributed by atoms with E-state index in [2.05, 4.69) is 31.2 Å². The van der Waals surface area contributed by atoms with Crippen molar-refractivity contribution >= 4 is 34.7 Å². The maximum Gasteiger partial charge on any atom is 0.407 e. The molecule has 0 saturated heterocycles. The second kappa shape index (κ2) is 17.8. The molecule has 0 fully saturated rings. The van der Waals surface area contributed by atoms with Crippen LogP contribution in [-0.4, -0.2) is 69.6 Å². The Labute approximate surface area is 298 Å². The molecule has 274 valence electrons. The van der Waals surface area contributed by atoms with Gasteiger partial charge in [-0.25, -0.2) is 14.6 Å². The zero-order valence-electron chi connectivity index (χ0n) is 30.2. The lowest BCUT2D eigenvalue weighted by Gasteiger charge is -2.28. The molecular formula is C38H50N6O7. The van der Waals surface area contributed by atoms with Gasteiger partial charge in [0.1, 0.15) is 17.5 Å². The van der Waals surface area contributed by atoms with Gasteiger partial charge in [0.15, 0.2) is 5.69 Å². The van der Waals surface area contributed by atoms with E-state index in [0.29, 0.717) is 31.4 Å². The molecule has 13 nitrogen and oxygen atoms in total. The normalized spacial score (nSPS) is 13.5. The summed E-state index contributed by atoms with van der Waals surface area (Å²) in [5.74, 6) is -0.177. The molecule has 0 bridgehead atoms. The Bertz CT molecular complexity index is 1730. The van der Waals surface area contributed by atoms with Gasteiger partial charge in [-0.05, 0) is 84.9 Å². The lowest BCUT2D eigenvalue weighted by atomic mass is 10.0. The number of nitrogens with zero attached hydrogens (tertiary/aromatic N) is 2. The van der Waals surface area contributed by atoms with E-state index in [1.54, 1.807) is 47.7 Å². The van der Waals surface area contributed by atoms with Gasteiger partial charge in [0.05, 0.1) is 35.6 Å². The van der Waals surface area contributed by atoms with Crippen LogP contribution in [0.1, 0.15) is 88.8 Å². The van der Waals surface area contributed by atoms with Crippen molar-refractivity contribution in [3.05, 3.63) is 90.3 Å². The number of para-hydroxylation sites is 1. The molecule has 1 unspecified atom stereocenters. The third-order valence-electron chi connectivity index (χ3n) is 7.57. The summed E-state index contributed by atoms with van der Waals surface area (Å²) in [5.41, 5.74) is 1.15. The van der Waals surface area contributed by atoms with Gasteiger partial charge in [-0.1, -0.05) is 48.5 Å². The topological polar surface area (TPSA) is 177 Å². The smallest absolute Gasteiger partial charge is 0.407 e. The monoisotopic (exact) mass is 702 g/mol. The minimum atomic E-state index is -1.06. The molecule has 3 amide bonds. The van der Waals surface area contributed by atoms with E-state index in [1.807, 2.05) is 60.7 Å². The summed E-state index contributed by atoms with van der Waals surface area (Å²) in [7, 11) is 0. The number of carbonyl (C=O) groups excluding carboxylic acids is 3. The van der Waals surface area contributed by atoms with Gasteiger partial charge in [0.2, 0.25) is 5.89 Å². The van der Waals surface area contributed by atoms with Crippen LogP contribution in [0.3, 0.4) is 0 Å². The van der Waals surface area contributed by atoms with E-state index in [-0.39, 0.29) is 24.7 Å². The van der Waals surface area contributed by atoms with E-state index < -0.39 is 47.5 Å². The maximum absolute atomic E-state index is 13.2. The van der Waals surface area contributed by atoms with Crippen LogP contribution in [0.5, 0.6) is 0 Å². The first-order valence-electron chi connectivity index (χ1n) is 17.2. The number of anilines is 1. The third kappa shape index (κ3) is 13.3. The minimum absolute atomic E-state index is 0.0477. The second-order valence-electron chi connectivity index (χ2n) is 14.3. The standard InChI is InChI=1S/C38H50N6O7/c1-37(2,3)50-35(47)39-20-12-17-29(44-36(48)51-38(4,5)6)32(45)23-41-30(19-18-25-13-8-7-9-14-25)34-43-31(24-49-34)33(46)42-27-21-26-15-10-11-16-28(26)40-22-27/h7-11,13-16,21-22,24,29-30,32,41,45H,12,17-20,23H2,1-6H3,(H,39,47)(H,42,46)(H,44,48)/t29-,30-,32?/m1/s1. The van der Waals surface area contributed by atoms with Crippen molar-refractivity contribution in [3.8, 4) is 0 Å². The van der Waals surface area contributed by atoms with E-state index in [0.717, 1.165) is 16.5 Å². The summed E-state index contributed by atoms with van der Waals surface area (Å²) in [6.45, 7) is 10.9. The Kier molecular flexibility index (Phi) is 13.5. The average Bonchev–Trinajstić information content (AvgIpc) is 3.55. The van der Waals surface area contributed by atoms with E-state index >= 15 is 0 Å². The Morgan fingerprint density at radius 1 is 0.902 bits per heavy atom. The SMILES string of the molecule is CC(C)(C)OC(=O)NCCC[C@@H](NC(=O)OC(C)(C)C)C(O)CN[C@H](CCc1ccccc1)c1nc(C(=O)Nc2cnc3ccccc3c2)co1. The fourth-order valence-electron chi connectivity index (χ4n) is 5.21. The number of rotatable bonds is 15. The molecule has 4 aromatic rings. The Morgan fingerprint density at radius 2 is 1.59 bits per heavy atom. The molecule has 3 atom stereocenters. The van der Waals surface area contributed by atoms with Crippen LogP contribution in [0.4, 0.5) is 15.3 Å². The number of aliphatic hydroxyl groups excluding tert-OH is 1. The highest BCUT2D eigenvalue weighted by atomic mass is 16.6. The van der Waals surface area contributed by atoms with Crippen molar-refractivity contribution in [2.75, 3.05) is 18.4 Å². The van der Waals surface area contributed by atoms with E-state index in [9.17, 15) is 19.5 Å². The molecule has 4 rings (SSSR count). The molecule has 2 aromatic heterocycles. The Hall–Kier alpha value is -5.01. The van der Waals surface area contributed by atoms with Crippen molar-refractivity contribution in [2.45, 2.75) is 96.6 Å². The van der Waals surface area contributed by atoms with Gasteiger partial charge in [0.25, 0.3) is 5.91 Å². The summed E-state index contributed by atoms with van der Waals surface area (Å²) in [6.07, 6.45) is 2.59. The van der Waals surface area contributed by atoms with Gasteiger partial charge in [0, 0.05) is 18.5 Å². The molecule has 51 heavy (non-hydrogen) atoms. The number of hydrogen-bond donors (Lipinski definition) is 5. The number of oxazole rings is 1. The van der Waals surface area contributed by atoms with Gasteiger partial charge in [-0.15, -0.1) is 0 Å². The van der Waals surface area contributed by atoms with Crippen LogP contribution in [0, 0.1) is 0 Å². The van der Waals surface area contributed by atoms with Crippen molar-refractivity contribution in [1.29, 1.82) is 0 Å². The predicted molar refractivity (Wildman–Crippen MR) is 194 cm³/mol. The Morgan fingerprint density at radius 3 is 2.31 bits per heavy atom. The van der Waals surface area contributed by atoms with Crippen LogP contribution in [0.15, 0.2) is 77.5 Å². The summed E-state index contributed by atoms with van der Waals surface area (Å²) >= 11 is 0. The van der Waals surface area contributed by atoms with Crippen molar-refractivity contribution in [3.63, 3.8) is 0 Å². The number of amides is 3. The number of fused-ring (bicyclic) bond motifs is 1. The molecule has 0 aliphatic carbocycles. The number of alkyl carbamates (subject to hydrolysis) is 2. The second-order valence-corrected chi connectivity index (χ2v) is 14.3. The predicted octanol–water partition coefficient (Wildman–Crippen LogP) is 6.30. The molecule has 13 heteroatoms. The van der Waals surface area contributed by atoms with Gasteiger partial charge < -0.3 is 40.3 Å². The first-order valence-corrected chi connectivity index (χ1v) is 17.2. The largest absolute Gasteiger partial charge is 0.446 e. The number of carbonyl (C=O) groups is 3. The molecule has 5 N–H and O–H groups in total. The highest BCUT2D eigenvalue weighted by Crippen LogP contribution is 2.22. The Balaban J connectivity index is 1.44. The number of pyridine rings is 1. The van der Waals surface area contributed by atoms with Crippen molar-refractivity contribution in [2.24, 2.45) is 0 Å². The maximum atomic E-state index is 13.2. The number of aryl methyl sites for hydroxylation is 1. The fourth-order valence-corrected chi connectivity index (χ4v) is 5.21. The number of aromatic nitrogens is 2. The summed E-state index contributed by atoms with van der Waals surface area (Å²) in [4.78, 5) is 46.9. The van der Waals surface area contributed by atoms with E-state index in [4.69, 9.17) is 13.9 Å². The quantitative estimate of drug-likeness (QED) is 0.0884. The fraction of sp³-hybridized carbons (Fsp3) is 0.447. The van der Waals surface area contributed by atoms with Gasteiger partial charge >= 0.3 is 12.2 Å². The van der Waals surface area contributed by atoms with Crippen LogP contribution >= 0.6 is 0 Å². The highest BCUT2D eigenvalue weighted by Gasteiger charge is 2.27.